The predicted molar refractivity (Wildman–Crippen MR) is 89.7 cm³/mol. The molecule has 2 aromatic rings. The molecule has 3 rings (SSSR count). The summed E-state index contributed by atoms with van der Waals surface area (Å²) in [6.07, 6.45) is 8.58. The van der Waals surface area contributed by atoms with E-state index < -0.39 is 0 Å². The minimum absolute atomic E-state index is 0.762. The third-order valence-electron chi connectivity index (χ3n) is 4.22. The van der Waals surface area contributed by atoms with Crippen molar-refractivity contribution in [2.75, 3.05) is 18.4 Å². The second-order valence-corrected chi connectivity index (χ2v) is 5.97. The van der Waals surface area contributed by atoms with Crippen LogP contribution in [0.3, 0.4) is 0 Å². The lowest BCUT2D eigenvalue weighted by Crippen LogP contribution is -2.14. The molecule has 0 bridgehead atoms. The number of rotatable bonds is 5. The molecule has 1 unspecified atom stereocenters. The van der Waals surface area contributed by atoms with Gasteiger partial charge in [0.1, 0.15) is 5.82 Å². The Morgan fingerprint density at radius 1 is 1.09 bits per heavy atom. The topological polar surface area (TPSA) is 49.8 Å². The van der Waals surface area contributed by atoms with Crippen molar-refractivity contribution in [2.45, 2.75) is 32.2 Å². The molecule has 0 radical (unpaired) electrons. The molecule has 0 aliphatic carbocycles. The van der Waals surface area contributed by atoms with Crippen LogP contribution in [0.2, 0.25) is 0 Å². The van der Waals surface area contributed by atoms with E-state index in [0.29, 0.717) is 0 Å². The van der Waals surface area contributed by atoms with Gasteiger partial charge in [-0.1, -0.05) is 6.07 Å². The lowest BCUT2D eigenvalue weighted by molar-refractivity contribution is 0.465. The monoisotopic (exact) mass is 296 g/mol. The van der Waals surface area contributed by atoms with E-state index in [2.05, 4.69) is 27.8 Å². The van der Waals surface area contributed by atoms with E-state index in [1.807, 2.05) is 30.6 Å². The highest BCUT2D eigenvalue weighted by Crippen LogP contribution is 2.19. The minimum Gasteiger partial charge on any atom is -0.366 e. The van der Waals surface area contributed by atoms with Gasteiger partial charge in [0.2, 0.25) is 0 Å². The fourth-order valence-electron chi connectivity index (χ4n) is 2.98. The Kier molecular flexibility index (Phi) is 5.37. The van der Waals surface area contributed by atoms with Gasteiger partial charge >= 0.3 is 0 Å². The fourth-order valence-corrected chi connectivity index (χ4v) is 2.98. The summed E-state index contributed by atoms with van der Waals surface area (Å²) < 4.78 is 0. The highest BCUT2D eigenvalue weighted by atomic mass is 15.0. The first-order valence-corrected chi connectivity index (χ1v) is 8.19. The molecule has 2 aromatic heterocycles. The normalized spacial score (nSPS) is 18.6. The van der Waals surface area contributed by atoms with Gasteiger partial charge in [0.25, 0.3) is 0 Å². The number of hydrogen-bond donors (Lipinski definition) is 2. The lowest BCUT2D eigenvalue weighted by Gasteiger charge is -2.14. The molecule has 1 atom stereocenters. The van der Waals surface area contributed by atoms with Gasteiger partial charge in [0, 0.05) is 24.6 Å². The Balaban J connectivity index is 1.57. The molecular weight excluding hydrogens is 272 g/mol. The number of hydrogen-bond acceptors (Lipinski definition) is 4. The van der Waals surface area contributed by atoms with Crippen LogP contribution in [0.4, 0.5) is 5.82 Å². The largest absolute Gasteiger partial charge is 0.366 e. The lowest BCUT2D eigenvalue weighted by atomic mass is 9.95. The van der Waals surface area contributed by atoms with Crippen LogP contribution in [0.25, 0.3) is 0 Å². The van der Waals surface area contributed by atoms with Crippen LogP contribution in [0.5, 0.6) is 0 Å². The second kappa shape index (κ2) is 7.90. The highest BCUT2D eigenvalue weighted by molar-refractivity contribution is 5.36. The summed E-state index contributed by atoms with van der Waals surface area (Å²) in [4.78, 5) is 8.80. The van der Waals surface area contributed by atoms with Gasteiger partial charge in [-0.25, -0.2) is 4.98 Å². The maximum Gasteiger partial charge on any atom is 0.126 e. The number of nitrogens with zero attached hydrogens (tertiary/aromatic N) is 2. The van der Waals surface area contributed by atoms with Crippen LogP contribution in [-0.2, 0) is 13.0 Å². The summed E-state index contributed by atoms with van der Waals surface area (Å²) in [5.74, 6) is 1.72. The molecule has 116 valence electrons. The zero-order valence-corrected chi connectivity index (χ0v) is 13.0. The van der Waals surface area contributed by atoms with Crippen LogP contribution >= 0.6 is 0 Å². The molecule has 2 N–H and O–H groups in total. The van der Waals surface area contributed by atoms with Crippen molar-refractivity contribution in [1.29, 1.82) is 0 Å². The van der Waals surface area contributed by atoms with Gasteiger partial charge in [0.15, 0.2) is 0 Å². The first-order chi connectivity index (χ1) is 10.9. The first kappa shape index (κ1) is 15.0. The summed E-state index contributed by atoms with van der Waals surface area (Å²) in [6.45, 7) is 3.09. The molecule has 0 amide bonds. The molecule has 1 saturated heterocycles. The van der Waals surface area contributed by atoms with Crippen LogP contribution in [0.1, 0.15) is 30.5 Å². The standard InChI is InChI=1S/C18H24N4/c1-4-17(13-15-3-2-9-19-10-6-15)22-18(5-1)21-14-16-7-11-20-12-8-16/h1,4-5,7-8,11-12,15,19H,2-3,6,9-10,13-14H2,(H,21,22). The molecule has 22 heavy (non-hydrogen) atoms. The van der Waals surface area contributed by atoms with Crippen LogP contribution < -0.4 is 10.6 Å². The molecule has 4 nitrogen and oxygen atoms in total. The smallest absolute Gasteiger partial charge is 0.126 e. The molecule has 4 heteroatoms. The van der Waals surface area contributed by atoms with E-state index in [-0.39, 0.29) is 0 Å². The molecule has 0 spiro atoms. The van der Waals surface area contributed by atoms with Crippen molar-refractivity contribution in [1.82, 2.24) is 15.3 Å². The Morgan fingerprint density at radius 3 is 2.91 bits per heavy atom. The van der Waals surface area contributed by atoms with E-state index in [1.165, 1.54) is 30.5 Å². The SMILES string of the molecule is c1cc(CC2CCCNCC2)nc(NCc2ccncc2)c1. The van der Waals surface area contributed by atoms with E-state index in [1.54, 1.807) is 0 Å². The molecule has 1 fully saturated rings. The fraction of sp³-hybridized carbons (Fsp3) is 0.444. The summed E-state index contributed by atoms with van der Waals surface area (Å²) in [7, 11) is 0. The third kappa shape index (κ3) is 4.53. The summed E-state index contributed by atoms with van der Waals surface area (Å²) in [5, 5.41) is 6.87. The molecule has 1 aliphatic rings. The van der Waals surface area contributed by atoms with Crippen LogP contribution in [0.15, 0.2) is 42.7 Å². The van der Waals surface area contributed by atoms with Gasteiger partial charge in [-0.05, 0) is 74.5 Å². The van der Waals surface area contributed by atoms with E-state index >= 15 is 0 Å². The number of aromatic nitrogens is 2. The van der Waals surface area contributed by atoms with Crippen LogP contribution in [-0.4, -0.2) is 23.1 Å². The highest BCUT2D eigenvalue weighted by Gasteiger charge is 2.13. The van der Waals surface area contributed by atoms with E-state index in [0.717, 1.165) is 37.8 Å². The van der Waals surface area contributed by atoms with Crippen molar-refractivity contribution in [3.8, 4) is 0 Å². The molecule has 0 aromatic carbocycles. The van der Waals surface area contributed by atoms with Gasteiger partial charge in [0.05, 0.1) is 0 Å². The zero-order chi connectivity index (χ0) is 15.0. The molecule has 1 aliphatic heterocycles. The van der Waals surface area contributed by atoms with Crippen molar-refractivity contribution >= 4 is 5.82 Å². The Morgan fingerprint density at radius 2 is 2.00 bits per heavy atom. The summed E-state index contributed by atoms with van der Waals surface area (Å²) >= 11 is 0. The number of anilines is 1. The average molecular weight is 296 g/mol. The van der Waals surface area contributed by atoms with Gasteiger partial charge < -0.3 is 10.6 Å². The van der Waals surface area contributed by atoms with Crippen molar-refractivity contribution in [3.05, 3.63) is 54.0 Å². The van der Waals surface area contributed by atoms with E-state index in [9.17, 15) is 0 Å². The van der Waals surface area contributed by atoms with Crippen molar-refractivity contribution in [2.24, 2.45) is 5.92 Å². The van der Waals surface area contributed by atoms with Crippen molar-refractivity contribution in [3.63, 3.8) is 0 Å². The molecule has 0 saturated carbocycles. The summed E-state index contributed by atoms with van der Waals surface area (Å²) in [5.41, 5.74) is 2.42. The van der Waals surface area contributed by atoms with Gasteiger partial charge in [-0.15, -0.1) is 0 Å². The van der Waals surface area contributed by atoms with Gasteiger partial charge in [-0.3, -0.25) is 4.98 Å². The van der Waals surface area contributed by atoms with Crippen molar-refractivity contribution < 1.29 is 0 Å². The maximum atomic E-state index is 4.77. The number of pyridine rings is 2. The Labute approximate surface area is 132 Å². The number of nitrogens with one attached hydrogen (secondary N) is 2. The second-order valence-electron chi connectivity index (χ2n) is 5.97. The Bertz CT molecular complexity index is 562. The molecular formula is C18H24N4. The maximum absolute atomic E-state index is 4.77. The predicted octanol–water partition coefficient (Wildman–Crippen LogP) is 3.02. The minimum atomic E-state index is 0.762. The quantitative estimate of drug-likeness (QED) is 0.890. The Hall–Kier alpha value is -1.94. The van der Waals surface area contributed by atoms with Gasteiger partial charge in [-0.2, -0.15) is 0 Å². The van der Waals surface area contributed by atoms with Crippen LogP contribution in [0, 0.1) is 5.92 Å². The molecule has 3 heterocycles. The average Bonchev–Trinajstić information content (AvgIpc) is 2.83. The zero-order valence-electron chi connectivity index (χ0n) is 13.0. The first-order valence-electron chi connectivity index (χ1n) is 8.19. The third-order valence-corrected chi connectivity index (χ3v) is 4.22. The summed E-state index contributed by atoms with van der Waals surface area (Å²) in [6, 6.07) is 10.3. The van der Waals surface area contributed by atoms with E-state index in [4.69, 9.17) is 4.98 Å².